The molecular formula is C20H35Na3O7S. The zero-order valence-corrected chi connectivity index (χ0v) is 27.1. The molecule has 0 aliphatic rings. The summed E-state index contributed by atoms with van der Waals surface area (Å²) in [6.07, 6.45) is 8.46. The molecule has 0 fully saturated rings. The summed E-state index contributed by atoms with van der Waals surface area (Å²) >= 11 is 0. The van der Waals surface area contributed by atoms with E-state index in [1.807, 2.05) is 6.92 Å². The van der Waals surface area contributed by atoms with Crippen LogP contribution in [-0.4, -0.2) is 29.7 Å². The fourth-order valence-electron chi connectivity index (χ4n) is 3.66. The SMILES string of the molecule is CCCCCCCCC(C(=O)[O-])C(CCCCCCCC)(C(=O)[O-])S(=O)(=O)[O-].[Na+].[Na+].[Na+]. The van der Waals surface area contributed by atoms with E-state index in [0.29, 0.717) is 19.3 Å². The number of carbonyl (C=O) groups is 2. The van der Waals surface area contributed by atoms with Crippen LogP contribution in [0.5, 0.6) is 0 Å². The van der Waals surface area contributed by atoms with Gasteiger partial charge in [0.2, 0.25) is 0 Å². The fourth-order valence-corrected chi connectivity index (χ4v) is 4.82. The van der Waals surface area contributed by atoms with Gasteiger partial charge in [0.25, 0.3) is 0 Å². The van der Waals surface area contributed by atoms with E-state index in [2.05, 4.69) is 6.92 Å². The van der Waals surface area contributed by atoms with E-state index in [4.69, 9.17) is 0 Å². The summed E-state index contributed by atoms with van der Waals surface area (Å²) in [4.78, 5) is 23.4. The van der Waals surface area contributed by atoms with Gasteiger partial charge in [0, 0.05) is 11.9 Å². The molecule has 0 aliphatic carbocycles. The van der Waals surface area contributed by atoms with Crippen molar-refractivity contribution >= 4 is 22.1 Å². The van der Waals surface area contributed by atoms with E-state index in [0.717, 1.165) is 51.4 Å². The van der Waals surface area contributed by atoms with E-state index in [-0.39, 0.29) is 102 Å². The summed E-state index contributed by atoms with van der Waals surface area (Å²) in [5.41, 5.74) is 0. The van der Waals surface area contributed by atoms with Crippen LogP contribution in [-0.2, 0) is 19.7 Å². The summed E-state index contributed by atoms with van der Waals surface area (Å²) < 4.78 is 32.8. The molecule has 0 aliphatic heterocycles. The van der Waals surface area contributed by atoms with Crippen molar-refractivity contribution in [2.75, 3.05) is 0 Å². The Bertz CT molecular complexity index is 573. The van der Waals surface area contributed by atoms with Gasteiger partial charge >= 0.3 is 88.7 Å². The Morgan fingerprint density at radius 3 is 1.48 bits per heavy atom. The predicted octanol–water partition coefficient (Wildman–Crippen LogP) is -7.10. The van der Waals surface area contributed by atoms with Crippen molar-refractivity contribution in [3.05, 3.63) is 0 Å². The Morgan fingerprint density at radius 1 is 0.742 bits per heavy atom. The van der Waals surface area contributed by atoms with Crippen molar-refractivity contribution in [2.45, 2.75) is 108 Å². The number of hydrogen-bond donors (Lipinski definition) is 0. The fraction of sp³-hybridized carbons (Fsp3) is 0.900. The number of carbonyl (C=O) groups excluding carboxylic acids is 2. The minimum absolute atomic E-state index is 0. The molecule has 0 aromatic carbocycles. The molecule has 0 aromatic heterocycles. The number of unbranched alkanes of at least 4 members (excludes halogenated alkanes) is 10. The molecule has 0 radical (unpaired) electrons. The molecule has 11 heteroatoms. The molecule has 0 amide bonds. The molecule has 0 spiro atoms. The Morgan fingerprint density at radius 2 is 1.13 bits per heavy atom. The Kier molecular flexibility index (Phi) is 28.8. The summed E-state index contributed by atoms with van der Waals surface area (Å²) in [6, 6.07) is 0. The van der Waals surface area contributed by atoms with Crippen molar-refractivity contribution in [1.82, 2.24) is 0 Å². The summed E-state index contributed by atoms with van der Waals surface area (Å²) in [6.45, 7) is 4.10. The maximum Gasteiger partial charge on any atom is 1.00 e. The Labute approximate surface area is 254 Å². The van der Waals surface area contributed by atoms with Gasteiger partial charge in [-0.3, -0.25) is 0 Å². The van der Waals surface area contributed by atoms with Crippen molar-refractivity contribution in [3.8, 4) is 0 Å². The quantitative estimate of drug-likeness (QED) is 0.106. The molecule has 0 aromatic rings. The smallest absolute Gasteiger partial charge is 0.747 e. The van der Waals surface area contributed by atoms with Gasteiger partial charge in [-0.2, -0.15) is 0 Å². The topological polar surface area (TPSA) is 137 Å². The molecule has 31 heavy (non-hydrogen) atoms. The predicted molar refractivity (Wildman–Crippen MR) is 102 cm³/mol. The first kappa shape index (κ1) is 40.0. The van der Waals surface area contributed by atoms with Gasteiger partial charge < -0.3 is 24.4 Å². The summed E-state index contributed by atoms with van der Waals surface area (Å²) in [5.74, 6) is -5.85. The van der Waals surface area contributed by atoms with Gasteiger partial charge in [0.1, 0.15) is 14.9 Å². The van der Waals surface area contributed by atoms with Gasteiger partial charge in [0.05, 0.1) is 5.97 Å². The van der Waals surface area contributed by atoms with Crippen LogP contribution in [0.25, 0.3) is 0 Å². The van der Waals surface area contributed by atoms with Crippen LogP contribution in [0.3, 0.4) is 0 Å². The molecule has 2 atom stereocenters. The molecule has 0 N–H and O–H groups in total. The van der Waals surface area contributed by atoms with E-state index >= 15 is 0 Å². The largest absolute Gasteiger partial charge is 1.00 e. The number of rotatable bonds is 18. The van der Waals surface area contributed by atoms with Crippen molar-refractivity contribution in [2.24, 2.45) is 5.92 Å². The first-order valence-electron chi connectivity index (χ1n) is 10.5. The minimum Gasteiger partial charge on any atom is -0.747 e. The second kappa shape index (κ2) is 22.3. The van der Waals surface area contributed by atoms with Crippen LogP contribution >= 0.6 is 0 Å². The number of carboxylic acid groups (broad SMARTS) is 2. The van der Waals surface area contributed by atoms with E-state index in [1.165, 1.54) is 0 Å². The third-order valence-corrected chi connectivity index (χ3v) is 6.93. The van der Waals surface area contributed by atoms with Crippen molar-refractivity contribution < 1.29 is 121 Å². The zero-order valence-electron chi connectivity index (χ0n) is 20.2. The molecule has 0 heterocycles. The van der Waals surface area contributed by atoms with E-state index in [1.54, 1.807) is 0 Å². The van der Waals surface area contributed by atoms with Crippen LogP contribution in [0.1, 0.15) is 104 Å². The van der Waals surface area contributed by atoms with Gasteiger partial charge in [-0.15, -0.1) is 0 Å². The van der Waals surface area contributed by atoms with E-state index < -0.39 is 39.1 Å². The molecule has 0 saturated carbocycles. The molecule has 0 rings (SSSR count). The van der Waals surface area contributed by atoms with Gasteiger partial charge in [-0.1, -0.05) is 90.9 Å². The molecule has 2 unspecified atom stereocenters. The molecular weight excluding hydrogens is 453 g/mol. The number of carboxylic acids is 2. The van der Waals surface area contributed by atoms with Crippen LogP contribution in [0, 0.1) is 5.92 Å². The van der Waals surface area contributed by atoms with Gasteiger partial charge in [0.15, 0.2) is 0 Å². The maximum absolute atomic E-state index is 11.9. The average Bonchev–Trinajstić information content (AvgIpc) is 2.60. The Balaban J connectivity index is -0.00000121. The summed E-state index contributed by atoms with van der Waals surface area (Å²) in [5, 5.41) is 23.4. The average molecular weight is 489 g/mol. The monoisotopic (exact) mass is 488 g/mol. The van der Waals surface area contributed by atoms with Gasteiger partial charge in [-0.05, 0) is 12.8 Å². The second-order valence-corrected chi connectivity index (χ2v) is 9.21. The molecule has 7 nitrogen and oxygen atoms in total. The minimum atomic E-state index is -5.45. The van der Waals surface area contributed by atoms with Crippen LogP contribution < -0.4 is 98.9 Å². The van der Waals surface area contributed by atoms with Crippen molar-refractivity contribution in [3.63, 3.8) is 0 Å². The molecule has 0 bridgehead atoms. The third kappa shape index (κ3) is 14.8. The molecule has 166 valence electrons. The number of aliphatic carboxylic acids is 2. The van der Waals surface area contributed by atoms with Crippen molar-refractivity contribution in [1.29, 1.82) is 0 Å². The van der Waals surface area contributed by atoms with Gasteiger partial charge in [-0.25, -0.2) is 8.42 Å². The normalized spacial score (nSPS) is 13.6. The van der Waals surface area contributed by atoms with E-state index in [9.17, 15) is 32.8 Å². The summed E-state index contributed by atoms with van der Waals surface area (Å²) in [7, 11) is -5.45. The first-order valence-corrected chi connectivity index (χ1v) is 11.9. The number of hydrogen-bond acceptors (Lipinski definition) is 7. The standard InChI is InChI=1S/C20H38O7S.3Na/c1-3-5-7-9-11-13-15-17(18(21)22)20(19(23)24,28(25,26)27)16-14-12-10-8-6-4-2;;;/h17H,3-16H2,1-2H3,(H,21,22)(H,23,24)(H,25,26,27);;;/q;3*+1/p-3. The zero-order chi connectivity index (χ0) is 21.6. The third-order valence-electron chi connectivity index (χ3n) is 5.39. The molecule has 0 saturated heterocycles. The van der Waals surface area contributed by atoms with Crippen LogP contribution in [0.15, 0.2) is 0 Å². The Hall–Kier alpha value is 1.85. The van der Waals surface area contributed by atoms with Crippen LogP contribution in [0.4, 0.5) is 0 Å². The maximum atomic E-state index is 11.9. The first-order chi connectivity index (χ1) is 13.1. The second-order valence-electron chi connectivity index (χ2n) is 7.58. The van der Waals surface area contributed by atoms with Crippen LogP contribution in [0.2, 0.25) is 0 Å².